The second kappa shape index (κ2) is 7.07. The molecule has 0 aliphatic carbocycles. The molecule has 3 N–H and O–H groups in total. The molecule has 1 aromatic heterocycles. The lowest BCUT2D eigenvalue weighted by atomic mass is 10.0. The smallest absolute Gasteiger partial charge is 0.200 e. The third-order valence-electron chi connectivity index (χ3n) is 3.97. The summed E-state index contributed by atoms with van der Waals surface area (Å²) in [6.07, 6.45) is 5.63. The van der Waals surface area contributed by atoms with Gasteiger partial charge in [-0.1, -0.05) is 6.07 Å². The topological polar surface area (TPSA) is 85.1 Å². The van der Waals surface area contributed by atoms with Crippen LogP contribution in [0.2, 0.25) is 0 Å². The van der Waals surface area contributed by atoms with Crippen LogP contribution in [0, 0.1) is 11.3 Å². The zero-order chi connectivity index (χ0) is 16.1. The van der Waals surface area contributed by atoms with Crippen molar-refractivity contribution < 1.29 is 0 Å². The van der Waals surface area contributed by atoms with Gasteiger partial charge in [0, 0.05) is 12.4 Å². The van der Waals surface area contributed by atoms with E-state index in [0.29, 0.717) is 23.3 Å². The van der Waals surface area contributed by atoms with Gasteiger partial charge in [-0.2, -0.15) is 5.26 Å². The Morgan fingerprint density at radius 1 is 1.35 bits per heavy atom. The van der Waals surface area contributed by atoms with E-state index in [1.807, 2.05) is 31.3 Å². The lowest BCUT2D eigenvalue weighted by molar-refractivity contribution is 0.458. The van der Waals surface area contributed by atoms with Crippen LogP contribution in [-0.4, -0.2) is 30.1 Å². The summed E-state index contributed by atoms with van der Waals surface area (Å²) in [7, 11) is 0. The number of aliphatic imine (C=N–C) groups is 1. The average Bonchev–Trinajstić information content (AvgIpc) is 2.60. The first kappa shape index (κ1) is 15.3. The normalized spacial score (nSPS) is 22.6. The predicted octanol–water partition coefficient (Wildman–Crippen LogP) is 1.52. The summed E-state index contributed by atoms with van der Waals surface area (Å²) < 4.78 is 0. The van der Waals surface area contributed by atoms with E-state index in [2.05, 4.69) is 27.0 Å². The Bertz CT molecular complexity index is 690. The SMILES string of the molecule is CC1=CNC(=NC2CCNCC2)N/C1=C(\C#N)c1ccccn1. The van der Waals surface area contributed by atoms with Crippen molar-refractivity contribution in [2.45, 2.75) is 25.8 Å². The maximum Gasteiger partial charge on any atom is 0.200 e. The highest BCUT2D eigenvalue weighted by Crippen LogP contribution is 2.21. The Morgan fingerprint density at radius 3 is 2.87 bits per heavy atom. The van der Waals surface area contributed by atoms with Gasteiger partial charge in [0.05, 0.1) is 17.4 Å². The molecule has 2 aliphatic heterocycles. The largest absolute Gasteiger partial charge is 0.332 e. The number of pyridine rings is 1. The Hall–Kier alpha value is -2.65. The minimum absolute atomic E-state index is 0.305. The average molecular weight is 308 g/mol. The number of guanidine groups is 1. The fourth-order valence-corrected chi connectivity index (χ4v) is 2.70. The number of allylic oxidation sites excluding steroid dienone is 2. The van der Waals surface area contributed by atoms with Crippen LogP contribution in [0.1, 0.15) is 25.5 Å². The molecule has 0 unspecified atom stereocenters. The van der Waals surface area contributed by atoms with Crippen molar-refractivity contribution in [3.63, 3.8) is 0 Å². The molecule has 0 bridgehead atoms. The highest BCUT2D eigenvalue weighted by Gasteiger charge is 2.19. The molecule has 0 atom stereocenters. The summed E-state index contributed by atoms with van der Waals surface area (Å²) in [4.78, 5) is 9.02. The van der Waals surface area contributed by atoms with Crippen molar-refractivity contribution in [2.24, 2.45) is 4.99 Å². The Balaban J connectivity index is 1.90. The van der Waals surface area contributed by atoms with Crippen molar-refractivity contribution >= 4 is 11.5 Å². The first-order chi connectivity index (χ1) is 11.3. The number of nitrogens with one attached hydrogen (secondary N) is 3. The highest BCUT2D eigenvalue weighted by atomic mass is 15.2. The lowest BCUT2D eigenvalue weighted by Crippen LogP contribution is -2.41. The number of aromatic nitrogens is 1. The number of piperidine rings is 1. The quantitative estimate of drug-likeness (QED) is 0.721. The molecular formula is C17H20N6. The van der Waals surface area contributed by atoms with E-state index in [-0.39, 0.29) is 0 Å². The van der Waals surface area contributed by atoms with Crippen molar-refractivity contribution in [3.8, 4) is 6.07 Å². The van der Waals surface area contributed by atoms with Gasteiger partial charge in [0.25, 0.3) is 0 Å². The summed E-state index contributed by atoms with van der Waals surface area (Å²) in [5.74, 6) is 0.696. The molecule has 0 aromatic carbocycles. The first-order valence-electron chi connectivity index (χ1n) is 7.83. The van der Waals surface area contributed by atoms with Crippen LogP contribution >= 0.6 is 0 Å². The number of hydrogen-bond donors (Lipinski definition) is 3. The van der Waals surface area contributed by atoms with Crippen LogP contribution in [0.3, 0.4) is 0 Å². The minimum atomic E-state index is 0.305. The number of hydrogen-bond acceptors (Lipinski definition) is 4. The highest BCUT2D eigenvalue weighted by molar-refractivity contribution is 5.90. The Morgan fingerprint density at radius 2 is 2.17 bits per heavy atom. The molecule has 6 nitrogen and oxygen atoms in total. The molecule has 3 heterocycles. The van der Waals surface area contributed by atoms with Crippen molar-refractivity contribution in [1.82, 2.24) is 20.9 Å². The fraction of sp³-hybridized carbons (Fsp3) is 0.353. The molecule has 6 heteroatoms. The molecular weight excluding hydrogens is 288 g/mol. The van der Waals surface area contributed by atoms with Crippen LogP contribution in [-0.2, 0) is 0 Å². The molecule has 0 saturated carbocycles. The van der Waals surface area contributed by atoms with Crippen molar-refractivity contribution in [1.29, 1.82) is 5.26 Å². The number of rotatable bonds is 2. The Labute approximate surface area is 136 Å². The van der Waals surface area contributed by atoms with Gasteiger partial charge in [-0.05, 0) is 50.6 Å². The van der Waals surface area contributed by atoms with Crippen molar-refractivity contribution in [2.75, 3.05) is 13.1 Å². The molecule has 0 radical (unpaired) electrons. The summed E-state index contributed by atoms with van der Waals surface area (Å²) in [6.45, 7) is 3.95. The maximum absolute atomic E-state index is 9.57. The van der Waals surface area contributed by atoms with E-state index in [0.717, 1.165) is 37.2 Å². The van der Waals surface area contributed by atoms with E-state index in [9.17, 15) is 5.26 Å². The van der Waals surface area contributed by atoms with Crippen LogP contribution in [0.25, 0.3) is 5.57 Å². The van der Waals surface area contributed by atoms with E-state index in [1.165, 1.54) is 0 Å². The molecule has 1 saturated heterocycles. The summed E-state index contributed by atoms with van der Waals surface area (Å²) in [5, 5.41) is 19.3. The summed E-state index contributed by atoms with van der Waals surface area (Å²) >= 11 is 0. The van der Waals surface area contributed by atoms with E-state index >= 15 is 0 Å². The van der Waals surface area contributed by atoms with E-state index < -0.39 is 0 Å². The second-order valence-electron chi connectivity index (χ2n) is 5.63. The van der Waals surface area contributed by atoms with Gasteiger partial charge in [0.15, 0.2) is 5.96 Å². The third-order valence-corrected chi connectivity index (χ3v) is 3.97. The Kier molecular flexibility index (Phi) is 4.69. The van der Waals surface area contributed by atoms with Gasteiger partial charge in [0.1, 0.15) is 11.6 Å². The van der Waals surface area contributed by atoms with Crippen LogP contribution in [0.5, 0.6) is 0 Å². The van der Waals surface area contributed by atoms with Crippen molar-refractivity contribution in [3.05, 3.63) is 47.6 Å². The molecule has 1 aromatic rings. The summed E-state index contributed by atoms with van der Waals surface area (Å²) in [5.41, 5.74) is 2.90. The maximum atomic E-state index is 9.57. The van der Waals surface area contributed by atoms with Crippen LogP contribution in [0.15, 0.2) is 46.9 Å². The predicted molar refractivity (Wildman–Crippen MR) is 90.1 cm³/mol. The zero-order valence-corrected chi connectivity index (χ0v) is 13.1. The van der Waals surface area contributed by atoms with E-state index in [1.54, 1.807) is 6.20 Å². The molecule has 118 valence electrons. The molecule has 3 rings (SSSR count). The van der Waals surface area contributed by atoms with Gasteiger partial charge in [-0.15, -0.1) is 0 Å². The molecule has 1 fully saturated rings. The summed E-state index contributed by atoms with van der Waals surface area (Å²) in [6, 6.07) is 8.13. The van der Waals surface area contributed by atoms with Crippen LogP contribution in [0.4, 0.5) is 0 Å². The lowest BCUT2D eigenvalue weighted by Gasteiger charge is -2.24. The zero-order valence-electron chi connectivity index (χ0n) is 13.1. The second-order valence-corrected chi connectivity index (χ2v) is 5.63. The molecule has 0 spiro atoms. The molecule has 2 aliphatic rings. The van der Waals surface area contributed by atoms with Gasteiger partial charge in [0.2, 0.25) is 0 Å². The third kappa shape index (κ3) is 3.58. The monoisotopic (exact) mass is 308 g/mol. The minimum Gasteiger partial charge on any atom is -0.332 e. The van der Waals surface area contributed by atoms with Gasteiger partial charge in [-0.3, -0.25) is 4.98 Å². The van der Waals surface area contributed by atoms with Gasteiger partial charge < -0.3 is 16.0 Å². The van der Waals surface area contributed by atoms with Gasteiger partial charge in [-0.25, -0.2) is 4.99 Å². The standard InChI is InChI=1S/C17H20N6/c1-12-11-21-17(22-13-5-8-19-9-6-13)23-16(12)14(10-18)15-4-2-3-7-20-15/h2-4,7,11,13,19H,5-6,8-9H2,1H3,(H2,21,22,23)/b16-14+. The van der Waals surface area contributed by atoms with E-state index in [4.69, 9.17) is 4.99 Å². The molecule has 0 amide bonds. The van der Waals surface area contributed by atoms with Crippen LogP contribution < -0.4 is 16.0 Å². The number of nitriles is 1. The number of nitrogens with zero attached hydrogens (tertiary/aromatic N) is 3. The van der Waals surface area contributed by atoms with Gasteiger partial charge >= 0.3 is 0 Å². The molecule has 23 heavy (non-hydrogen) atoms. The first-order valence-corrected chi connectivity index (χ1v) is 7.83. The fourth-order valence-electron chi connectivity index (χ4n) is 2.70.